The Balaban J connectivity index is 2.10. The van der Waals surface area contributed by atoms with Crippen molar-refractivity contribution in [2.75, 3.05) is 0 Å². The molecule has 3 rings (SSSR count). The van der Waals surface area contributed by atoms with Crippen LogP contribution in [-0.4, -0.2) is 14.8 Å². The average Bonchev–Trinajstić information content (AvgIpc) is 2.96. The lowest BCUT2D eigenvalue weighted by Crippen LogP contribution is -2.06. The van der Waals surface area contributed by atoms with Crippen LogP contribution in [-0.2, 0) is 0 Å². The second kappa shape index (κ2) is 3.60. The smallest absolute Gasteiger partial charge is 0.158 e. The van der Waals surface area contributed by atoms with Crippen LogP contribution < -0.4 is 0 Å². The topological polar surface area (TPSA) is 54.5 Å². The molecule has 0 spiro atoms. The number of pyridine rings is 1. The highest BCUT2D eigenvalue weighted by Crippen LogP contribution is 2.30. The third-order valence-corrected chi connectivity index (χ3v) is 3.23. The SMILES string of the molecule is N#Cc1cnc2c(cnn2C2CCCC2)c1. The molecule has 0 bridgehead atoms. The minimum absolute atomic E-state index is 0.498. The van der Waals surface area contributed by atoms with Gasteiger partial charge in [-0.3, -0.25) is 0 Å². The molecule has 0 unspecified atom stereocenters. The Hall–Kier alpha value is -1.89. The van der Waals surface area contributed by atoms with Gasteiger partial charge in [0.25, 0.3) is 0 Å². The molecule has 1 saturated carbocycles. The van der Waals surface area contributed by atoms with Crippen molar-refractivity contribution in [1.29, 1.82) is 5.26 Å². The summed E-state index contributed by atoms with van der Waals surface area (Å²) < 4.78 is 2.02. The quantitative estimate of drug-likeness (QED) is 0.729. The van der Waals surface area contributed by atoms with Gasteiger partial charge in [-0.1, -0.05) is 12.8 Å². The van der Waals surface area contributed by atoms with Crippen molar-refractivity contribution in [3.8, 4) is 6.07 Å². The van der Waals surface area contributed by atoms with Crippen molar-refractivity contribution >= 4 is 11.0 Å². The molecule has 0 aliphatic heterocycles. The molecule has 0 N–H and O–H groups in total. The molecule has 4 heteroatoms. The largest absolute Gasteiger partial charge is 0.244 e. The number of nitriles is 1. The van der Waals surface area contributed by atoms with E-state index < -0.39 is 0 Å². The summed E-state index contributed by atoms with van der Waals surface area (Å²) in [6.45, 7) is 0. The summed E-state index contributed by atoms with van der Waals surface area (Å²) in [4.78, 5) is 4.33. The van der Waals surface area contributed by atoms with Gasteiger partial charge in [-0.2, -0.15) is 10.4 Å². The Morgan fingerprint density at radius 2 is 2.12 bits per heavy atom. The summed E-state index contributed by atoms with van der Waals surface area (Å²) in [6, 6.07) is 4.44. The van der Waals surface area contributed by atoms with Crippen molar-refractivity contribution < 1.29 is 0 Å². The third-order valence-electron chi connectivity index (χ3n) is 3.23. The molecule has 0 atom stereocenters. The van der Waals surface area contributed by atoms with Gasteiger partial charge in [0.15, 0.2) is 5.65 Å². The predicted molar refractivity (Wildman–Crippen MR) is 59.7 cm³/mol. The fourth-order valence-corrected chi connectivity index (χ4v) is 2.42. The molecule has 0 aromatic carbocycles. The number of hydrogen-bond donors (Lipinski definition) is 0. The van der Waals surface area contributed by atoms with Gasteiger partial charge in [0.1, 0.15) is 6.07 Å². The van der Waals surface area contributed by atoms with E-state index in [2.05, 4.69) is 16.2 Å². The Labute approximate surface area is 93.5 Å². The molecular weight excluding hydrogens is 200 g/mol. The van der Waals surface area contributed by atoms with Crippen molar-refractivity contribution in [3.05, 3.63) is 24.0 Å². The van der Waals surface area contributed by atoms with Gasteiger partial charge in [0.05, 0.1) is 17.8 Å². The van der Waals surface area contributed by atoms with E-state index in [9.17, 15) is 0 Å². The monoisotopic (exact) mass is 212 g/mol. The highest BCUT2D eigenvalue weighted by molar-refractivity contribution is 5.75. The molecule has 1 fully saturated rings. The lowest BCUT2D eigenvalue weighted by atomic mass is 10.2. The Kier molecular flexibility index (Phi) is 2.10. The number of aromatic nitrogens is 3. The first-order valence-corrected chi connectivity index (χ1v) is 5.62. The first-order valence-electron chi connectivity index (χ1n) is 5.62. The van der Waals surface area contributed by atoms with Crippen LogP contribution in [0.25, 0.3) is 11.0 Å². The fourth-order valence-electron chi connectivity index (χ4n) is 2.42. The highest BCUT2D eigenvalue weighted by atomic mass is 15.3. The molecule has 80 valence electrons. The summed E-state index contributed by atoms with van der Waals surface area (Å²) in [6.07, 6.45) is 8.37. The van der Waals surface area contributed by atoms with Crippen LogP contribution in [0.3, 0.4) is 0 Å². The van der Waals surface area contributed by atoms with Crippen LogP contribution in [0.1, 0.15) is 37.3 Å². The van der Waals surface area contributed by atoms with E-state index in [-0.39, 0.29) is 0 Å². The van der Waals surface area contributed by atoms with E-state index in [1.165, 1.54) is 25.7 Å². The van der Waals surface area contributed by atoms with Gasteiger partial charge in [-0.15, -0.1) is 0 Å². The number of hydrogen-bond acceptors (Lipinski definition) is 3. The summed E-state index contributed by atoms with van der Waals surface area (Å²) in [7, 11) is 0. The molecule has 1 aliphatic carbocycles. The van der Waals surface area contributed by atoms with Crippen molar-refractivity contribution in [2.45, 2.75) is 31.7 Å². The van der Waals surface area contributed by atoms with Gasteiger partial charge >= 0.3 is 0 Å². The lowest BCUT2D eigenvalue weighted by molar-refractivity contribution is 0.478. The fraction of sp³-hybridized carbons (Fsp3) is 0.417. The lowest BCUT2D eigenvalue weighted by Gasteiger charge is -2.09. The Morgan fingerprint density at radius 3 is 2.88 bits per heavy atom. The molecular formula is C12H12N4. The molecule has 1 aliphatic rings. The van der Waals surface area contributed by atoms with E-state index >= 15 is 0 Å². The van der Waals surface area contributed by atoms with Crippen LogP contribution >= 0.6 is 0 Å². The van der Waals surface area contributed by atoms with E-state index in [1.54, 1.807) is 6.20 Å². The van der Waals surface area contributed by atoms with E-state index in [4.69, 9.17) is 5.26 Å². The molecule has 0 radical (unpaired) electrons. The zero-order valence-corrected chi connectivity index (χ0v) is 8.93. The maximum absolute atomic E-state index is 8.80. The first kappa shape index (κ1) is 9.34. The summed E-state index contributed by atoms with van der Waals surface area (Å²) in [5, 5.41) is 14.2. The summed E-state index contributed by atoms with van der Waals surface area (Å²) in [5.74, 6) is 0. The van der Waals surface area contributed by atoms with Crippen molar-refractivity contribution in [2.24, 2.45) is 0 Å². The zero-order valence-electron chi connectivity index (χ0n) is 8.93. The number of rotatable bonds is 1. The highest BCUT2D eigenvalue weighted by Gasteiger charge is 2.19. The summed E-state index contributed by atoms with van der Waals surface area (Å²) >= 11 is 0. The maximum atomic E-state index is 8.80. The van der Waals surface area contributed by atoms with Gasteiger partial charge in [0.2, 0.25) is 0 Å². The van der Waals surface area contributed by atoms with Crippen molar-refractivity contribution in [1.82, 2.24) is 14.8 Å². The van der Waals surface area contributed by atoms with E-state index in [0.717, 1.165) is 11.0 Å². The van der Waals surface area contributed by atoms with Crippen molar-refractivity contribution in [3.63, 3.8) is 0 Å². The van der Waals surface area contributed by atoms with E-state index in [1.807, 2.05) is 16.9 Å². The second-order valence-corrected chi connectivity index (χ2v) is 4.28. The van der Waals surface area contributed by atoms with Crippen LogP contribution in [0.5, 0.6) is 0 Å². The first-order chi connectivity index (χ1) is 7.88. The summed E-state index contributed by atoms with van der Waals surface area (Å²) in [5.41, 5.74) is 1.50. The average molecular weight is 212 g/mol. The molecule has 4 nitrogen and oxygen atoms in total. The number of nitrogens with zero attached hydrogens (tertiary/aromatic N) is 4. The molecule has 0 amide bonds. The molecule has 16 heavy (non-hydrogen) atoms. The van der Waals surface area contributed by atoms with Crippen LogP contribution in [0.4, 0.5) is 0 Å². The van der Waals surface area contributed by atoms with Gasteiger partial charge in [-0.05, 0) is 18.9 Å². The molecule has 2 heterocycles. The third kappa shape index (κ3) is 1.36. The molecule has 2 aromatic rings. The van der Waals surface area contributed by atoms with Gasteiger partial charge in [-0.25, -0.2) is 9.67 Å². The van der Waals surface area contributed by atoms with Gasteiger partial charge in [0, 0.05) is 11.6 Å². The van der Waals surface area contributed by atoms with Crippen LogP contribution in [0.2, 0.25) is 0 Å². The molecule has 0 saturated heterocycles. The predicted octanol–water partition coefficient (Wildman–Crippen LogP) is 2.42. The van der Waals surface area contributed by atoms with E-state index in [0.29, 0.717) is 11.6 Å². The Bertz CT molecular complexity index is 558. The maximum Gasteiger partial charge on any atom is 0.158 e. The standard InChI is InChI=1S/C12H12N4/c13-6-9-5-10-8-15-16(12(10)14-7-9)11-3-1-2-4-11/h5,7-8,11H,1-4H2. The van der Waals surface area contributed by atoms with Crippen LogP contribution in [0, 0.1) is 11.3 Å². The Morgan fingerprint density at radius 1 is 1.31 bits per heavy atom. The number of fused-ring (bicyclic) bond motifs is 1. The molecule has 2 aromatic heterocycles. The minimum Gasteiger partial charge on any atom is -0.244 e. The van der Waals surface area contributed by atoms with Crippen LogP contribution in [0.15, 0.2) is 18.5 Å². The van der Waals surface area contributed by atoms with Gasteiger partial charge < -0.3 is 0 Å². The zero-order chi connectivity index (χ0) is 11.0. The second-order valence-electron chi connectivity index (χ2n) is 4.28. The normalized spacial score (nSPS) is 16.7. The minimum atomic E-state index is 0.498.